The van der Waals surface area contributed by atoms with Crippen molar-refractivity contribution in [2.45, 2.75) is 11.8 Å². The Bertz CT molecular complexity index is 1770. The summed E-state index contributed by atoms with van der Waals surface area (Å²) < 4.78 is 29.8. The minimum atomic E-state index is -0.312. The maximum Gasteiger partial charge on any atom is 0.250 e. The van der Waals surface area contributed by atoms with Crippen LogP contribution in [-0.2, 0) is 11.4 Å². The van der Waals surface area contributed by atoms with Gasteiger partial charge in [0, 0.05) is 11.3 Å². The van der Waals surface area contributed by atoms with Gasteiger partial charge in [-0.15, -0.1) is 10.2 Å². The maximum atomic E-state index is 12.8. The quantitative estimate of drug-likeness (QED) is 0.0915. The molecule has 0 atom stereocenters. The van der Waals surface area contributed by atoms with Crippen LogP contribution in [-0.4, -0.2) is 61.1 Å². The molecule has 12 heteroatoms. The van der Waals surface area contributed by atoms with Crippen LogP contribution < -0.4 is 29.1 Å². The van der Waals surface area contributed by atoms with Crippen LogP contribution in [0.3, 0.4) is 0 Å². The second-order valence-electron chi connectivity index (χ2n) is 9.66. The van der Waals surface area contributed by atoms with Crippen molar-refractivity contribution in [1.29, 1.82) is 0 Å². The number of aromatic nitrogens is 3. The molecule has 0 saturated heterocycles. The SMILES string of the molecule is COc1cc(C=NNC(=O)CSc2nnc(-c3cc(OC)c(OC)c(OC)c3)n2-c2ccccc2)ccc1OCc1ccccc1. The first-order valence-electron chi connectivity index (χ1n) is 14.1. The fourth-order valence-electron chi connectivity index (χ4n) is 4.53. The van der Waals surface area contributed by atoms with Gasteiger partial charge < -0.3 is 23.7 Å². The number of ether oxygens (including phenoxy) is 5. The lowest BCUT2D eigenvalue weighted by atomic mass is 10.1. The molecule has 0 aliphatic rings. The molecule has 1 amide bonds. The van der Waals surface area contributed by atoms with Crippen molar-refractivity contribution in [3.8, 4) is 45.8 Å². The summed E-state index contributed by atoms with van der Waals surface area (Å²) in [5.41, 5.74) is 5.87. The van der Waals surface area contributed by atoms with Gasteiger partial charge in [-0.25, -0.2) is 5.43 Å². The first kappa shape index (κ1) is 31.9. The summed E-state index contributed by atoms with van der Waals surface area (Å²) in [4.78, 5) is 12.8. The van der Waals surface area contributed by atoms with E-state index in [0.29, 0.717) is 51.9 Å². The Hall–Kier alpha value is -5.49. The van der Waals surface area contributed by atoms with Crippen molar-refractivity contribution in [3.05, 3.63) is 102 Å². The molecule has 0 spiro atoms. The van der Waals surface area contributed by atoms with Crippen LogP contribution >= 0.6 is 11.8 Å². The second kappa shape index (κ2) is 15.5. The van der Waals surface area contributed by atoms with Gasteiger partial charge in [-0.2, -0.15) is 5.10 Å². The Balaban J connectivity index is 1.27. The van der Waals surface area contributed by atoms with Crippen LogP contribution in [0.25, 0.3) is 17.1 Å². The van der Waals surface area contributed by atoms with Gasteiger partial charge in [-0.05, 0) is 53.6 Å². The van der Waals surface area contributed by atoms with E-state index in [1.54, 1.807) is 52.9 Å². The molecule has 1 heterocycles. The molecule has 0 unspecified atom stereocenters. The van der Waals surface area contributed by atoms with E-state index in [2.05, 4.69) is 20.7 Å². The Labute approximate surface area is 271 Å². The third-order valence-electron chi connectivity index (χ3n) is 6.73. The predicted molar refractivity (Wildman–Crippen MR) is 177 cm³/mol. The van der Waals surface area contributed by atoms with Crippen molar-refractivity contribution in [3.63, 3.8) is 0 Å². The van der Waals surface area contributed by atoms with E-state index in [-0.39, 0.29) is 11.7 Å². The standard InChI is InChI=1S/C34H33N5O6S/c1-41-28-17-24(15-16-27(28)45-21-23-11-7-5-8-12-23)20-35-36-31(40)22-46-34-38-37-33(39(34)26-13-9-6-10-14-26)25-18-29(42-2)32(44-4)30(19-25)43-3/h5-20H,21-22H2,1-4H3,(H,36,40). The van der Waals surface area contributed by atoms with Crippen LogP contribution in [0.15, 0.2) is 101 Å². The summed E-state index contributed by atoms with van der Waals surface area (Å²) in [5.74, 6) is 2.88. The Morgan fingerprint density at radius 2 is 1.48 bits per heavy atom. The molecular weight excluding hydrogens is 606 g/mol. The zero-order valence-electron chi connectivity index (χ0n) is 25.8. The first-order valence-corrected chi connectivity index (χ1v) is 15.1. The normalized spacial score (nSPS) is 10.9. The van der Waals surface area contributed by atoms with Crippen LogP contribution in [0.5, 0.6) is 28.7 Å². The number of methoxy groups -OCH3 is 4. The number of nitrogens with one attached hydrogen (secondary N) is 1. The molecule has 1 aromatic heterocycles. The maximum absolute atomic E-state index is 12.8. The van der Waals surface area contributed by atoms with Crippen molar-refractivity contribution < 1.29 is 28.5 Å². The van der Waals surface area contributed by atoms with Crippen LogP contribution in [0.1, 0.15) is 11.1 Å². The highest BCUT2D eigenvalue weighted by Gasteiger charge is 2.21. The number of benzene rings is 4. The van der Waals surface area contributed by atoms with Gasteiger partial charge in [0.25, 0.3) is 5.91 Å². The monoisotopic (exact) mass is 639 g/mol. The van der Waals surface area contributed by atoms with Crippen molar-refractivity contribution in [2.24, 2.45) is 5.10 Å². The number of hydrogen-bond acceptors (Lipinski definition) is 10. The highest BCUT2D eigenvalue weighted by atomic mass is 32.2. The number of thioether (sulfide) groups is 1. The number of hydrazone groups is 1. The molecule has 4 aromatic carbocycles. The minimum absolute atomic E-state index is 0.0488. The van der Waals surface area contributed by atoms with Crippen molar-refractivity contribution in [1.82, 2.24) is 20.2 Å². The topological polar surface area (TPSA) is 118 Å². The third-order valence-corrected chi connectivity index (χ3v) is 7.66. The summed E-state index contributed by atoms with van der Waals surface area (Å²) in [6.45, 7) is 0.417. The number of carbonyl (C=O) groups excluding carboxylic acids is 1. The van der Waals surface area contributed by atoms with E-state index in [4.69, 9.17) is 23.7 Å². The molecule has 0 radical (unpaired) electrons. The van der Waals surface area contributed by atoms with Gasteiger partial charge in [0.05, 0.1) is 40.4 Å². The molecule has 0 bridgehead atoms. The minimum Gasteiger partial charge on any atom is -0.493 e. The van der Waals surface area contributed by atoms with Crippen molar-refractivity contribution in [2.75, 3.05) is 34.2 Å². The molecule has 0 fully saturated rings. The number of para-hydroxylation sites is 1. The molecule has 5 aromatic rings. The van der Waals surface area contributed by atoms with Gasteiger partial charge >= 0.3 is 0 Å². The zero-order chi connectivity index (χ0) is 32.3. The lowest BCUT2D eigenvalue weighted by Crippen LogP contribution is -2.20. The number of rotatable bonds is 14. The summed E-state index contributed by atoms with van der Waals surface area (Å²) in [6.07, 6.45) is 1.54. The van der Waals surface area contributed by atoms with E-state index in [0.717, 1.165) is 16.8 Å². The van der Waals surface area contributed by atoms with E-state index < -0.39 is 0 Å². The third kappa shape index (κ3) is 7.59. The molecule has 1 N–H and O–H groups in total. The van der Waals surface area contributed by atoms with Gasteiger partial charge in [0.15, 0.2) is 34.0 Å². The molecule has 46 heavy (non-hydrogen) atoms. The number of amides is 1. The number of carbonyl (C=O) groups is 1. The summed E-state index contributed by atoms with van der Waals surface area (Å²) >= 11 is 1.23. The Morgan fingerprint density at radius 3 is 2.13 bits per heavy atom. The lowest BCUT2D eigenvalue weighted by Gasteiger charge is -2.15. The number of nitrogens with zero attached hydrogens (tertiary/aromatic N) is 4. The average molecular weight is 640 g/mol. The highest BCUT2D eigenvalue weighted by Crippen LogP contribution is 2.41. The van der Waals surface area contributed by atoms with Crippen LogP contribution in [0, 0.1) is 0 Å². The van der Waals surface area contributed by atoms with E-state index >= 15 is 0 Å². The Kier molecular flexibility index (Phi) is 10.7. The molecule has 11 nitrogen and oxygen atoms in total. The van der Waals surface area contributed by atoms with E-state index in [1.807, 2.05) is 77.4 Å². The molecular formula is C34H33N5O6S. The van der Waals surface area contributed by atoms with Crippen LogP contribution in [0.4, 0.5) is 0 Å². The van der Waals surface area contributed by atoms with Crippen LogP contribution in [0.2, 0.25) is 0 Å². The highest BCUT2D eigenvalue weighted by molar-refractivity contribution is 7.99. The summed E-state index contributed by atoms with van der Waals surface area (Å²) in [5, 5.41) is 13.5. The molecule has 5 rings (SSSR count). The molecule has 0 aliphatic heterocycles. The second-order valence-corrected chi connectivity index (χ2v) is 10.6. The molecule has 0 saturated carbocycles. The van der Waals surface area contributed by atoms with Crippen molar-refractivity contribution >= 4 is 23.9 Å². The van der Waals surface area contributed by atoms with Gasteiger partial charge in [-0.3, -0.25) is 9.36 Å². The fraction of sp³-hybridized carbons (Fsp3) is 0.176. The molecule has 0 aliphatic carbocycles. The van der Waals surface area contributed by atoms with Gasteiger partial charge in [0.1, 0.15) is 6.61 Å². The first-order chi connectivity index (χ1) is 22.5. The summed E-state index contributed by atoms with van der Waals surface area (Å²) in [6, 6.07) is 28.5. The van der Waals surface area contributed by atoms with Gasteiger partial charge in [-0.1, -0.05) is 60.3 Å². The van der Waals surface area contributed by atoms with Gasteiger partial charge in [0.2, 0.25) is 5.75 Å². The lowest BCUT2D eigenvalue weighted by molar-refractivity contribution is -0.118. The number of hydrogen-bond donors (Lipinski definition) is 1. The van der Waals surface area contributed by atoms with E-state index in [9.17, 15) is 4.79 Å². The van der Waals surface area contributed by atoms with E-state index in [1.165, 1.54) is 11.8 Å². The smallest absolute Gasteiger partial charge is 0.250 e. The molecule has 236 valence electrons. The Morgan fingerprint density at radius 1 is 0.804 bits per heavy atom. The largest absolute Gasteiger partial charge is 0.493 e. The zero-order valence-corrected chi connectivity index (χ0v) is 26.6. The predicted octanol–water partition coefficient (Wildman–Crippen LogP) is 5.79. The average Bonchev–Trinajstić information content (AvgIpc) is 3.54. The fourth-order valence-corrected chi connectivity index (χ4v) is 5.27. The summed E-state index contributed by atoms with van der Waals surface area (Å²) in [7, 11) is 6.23.